The summed E-state index contributed by atoms with van der Waals surface area (Å²) in [5.41, 5.74) is -3.33. The largest absolute Gasteiger partial charge is 0.383 e. The third-order valence-electron chi connectivity index (χ3n) is 5.79. The van der Waals surface area contributed by atoms with E-state index in [1.54, 1.807) is 32.9 Å². The lowest BCUT2D eigenvalue weighted by molar-refractivity contribution is -0.120. The van der Waals surface area contributed by atoms with E-state index in [0.717, 1.165) is 5.56 Å². The first-order chi connectivity index (χ1) is 14.9. The molecule has 0 saturated carbocycles. The molecule has 8 heteroatoms. The quantitative estimate of drug-likeness (QED) is 0.557. The van der Waals surface area contributed by atoms with Crippen LogP contribution in [0.15, 0.2) is 64.8 Å². The lowest BCUT2D eigenvalue weighted by atomic mass is 9.71. The Hall–Kier alpha value is -3.10. The van der Waals surface area contributed by atoms with Gasteiger partial charge >= 0.3 is 10.1 Å². The van der Waals surface area contributed by atoms with Crippen molar-refractivity contribution in [3.63, 3.8) is 0 Å². The molecule has 4 rings (SSSR count). The van der Waals surface area contributed by atoms with Gasteiger partial charge in [0.1, 0.15) is 10.7 Å². The van der Waals surface area contributed by atoms with E-state index in [9.17, 15) is 27.9 Å². The molecule has 0 amide bonds. The second-order valence-electron chi connectivity index (χ2n) is 9.00. The molecule has 0 atom stereocenters. The molecule has 7 nitrogen and oxygen atoms in total. The fourth-order valence-electron chi connectivity index (χ4n) is 4.22. The van der Waals surface area contributed by atoms with Crippen molar-refractivity contribution in [3.8, 4) is 0 Å². The van der Waals surface area contributed by atoms with Crippen molar-refractivity contribution in [1.82, 2.24) is 0 Å². The number of rotatable bonds is 4. The van der Waals surface area contributed by atoms with Crippen molar-refractivity contribution < 1.29 is 32.1 Å². The van der Waals surface area contributed by atoms with Gasteiger partial charge in [0.2, 0.25) is 17.2 Å². The van der Waals surface area contributed by atoms with Gasteiger partial charge in [-0.3, -0.25) is 14.4 Å². The highest BCUT2D eigenvalue weighted by molar-refractivity contribution is 7.86. The SMILES string of the molecule is Cc1ccc(S(=O)(=O)OC2=C(C3(O)C(=O)c4ccccc4C3=O)C(=O)CC(C)(C)C2)cc1. The summed E-state index contributed by atoms with van der Waals surface area (Å²) in [5, 5.41) is 11.3. The molecule has 2 aliphatic rings. The third-order valence-corrected chi connectivity index (χ3v) is 7.06. The molecule has 0 aliphatic heterocycles. The van der Waals surface area contributed by atoms with Crippen molar-refractivity contribution in [2.45, 2.75) is 44.1 Å². The first-order valence-electron chi connectivity index (χ1n) is 10.1. The molecule has 0 radical (unpaired) electrons. The van der Waals surface area contributed by atoms with Crippen molar-refractivity contribution in [2.24, 2.45) is 5.41 Å². The number of ketones is 3. The van der Waals surface area contributed by atoms with Crippen LogP contribution < -0.4 is 0 Å². The van der Waals surface area contributed by atoms with Gasteiger partial charge in [0, 0.05) is 24.0 Å². The zero-order chi connectivity index (χ0) is 23.5. The lowest BCUT2D eigenvalue weighted by Gasteiger charge is -2.35. The van der Waals surface area contributed by atoms with Gasteiger partial charge in [0.05, 0.1) is 5.57 Å². The number of Topliss-reactive ketones (excluding diaryl/α,β-unsaturated/α-hetero) is 3. The Balaban J connectivity index is 1.89. The minimum atomic E-state index is -4.39. The van der Waals surface area contributed by atoms with Crippen molar-refractivity contribution in [2.75, 3.05) is 0 Å². The van der Waals surface area contributed by atoms with E-state index in [1.807, 2.05) is 0 Å². The number of carbonyl (C=O) groups excluding carboxylic acids is 3. The molecule has 2 aliphatic carbocycles. The molecule has 0 saturated heterocycles. The summed E-state index contributed by atoms with van der Waals surface area (Å²) >= 11 is 0. The third kappa shape index (κ3) is 3.40. The number of hydrogen-bond acceptors (Lipinski definition) is 7. The van der Waals surface area contributed by atoms with Gasteiger partial charge < -0.3 is 9.29 Å². The minimum Gasteiger partial charge on any atom is -0.383 e. The maximum Gasteiger partial charge on any atom is 0.338 e. The van der Waals surface area contributed by atoms with Crippen molar-refractivity contribution in [1.29, 1.82) is 0 Å². The Bertz CT molecular complexity index is 1260. The first-order valence-corrected chi connectivity index (χ1v) is 11.5. The van der Waals surface area contributed by atoms with Crippen LogP contribution in [0.4, 0.5) is 0 Å². The minimum absolute atomic E-state index is 0.0223. The van der Waals surface area contributed by atoms with E-state index in [2.05, 4.69) is 0 Å². The number of allylic oxidation sites excluding steroid dienone is 1. The number of aryl methyl sites for hydroxylation is 1. The van der Waals surface area contributed by atoms with E-state index in [4.69, 9.17) is 4.18 Å². The maximum absolute atomic E-state index is 13.1. The second-order valence-corrected chi connectivity index (χ2v) is 10.6. The number of carbonyl (C=O) groups is 3. The average Bonchev–Trinajstić information content (AvgIpc) is 2.89. The molecule has 166 valence electrons. The van der Waals surface area contributed by atoms with Gasteiger partial charge in [-0.1, -0.05) is 55.8 Å². The van der Waals surface area contributed by atoms with Gasteiger partial charge in [0.25, 0.3) is 0 Å². The van der Waals surface area contributed by atoms with E-state index < -0.39 is 44.1 Å². The van der Waals surface area contributed by atoms with Crippen LogP contribution in [0.3, 0.4) is 0 Å². The van der Waals surface area contributed by atoms with Crippen LogP contribution in [0, 0.1) is 12.3 Å². The smallest absolute Gasteiger partial charge is 0.338 e. The molecule has 0 heterocycles. The van der Waals surface area contributed by atoms with Gasteiger partial charge in [0.15, 0.2) is 5.78 Å². The van der Waals surface area contributed by atoms with Crippen molar-refractivity contribution in [3.05, 3.63) is 76.6 Å². The number of fused-ring (bicyclic) bond motifs is 1. The van der Waals surface area contributed by atoms with E-state index in [1.165, 1.54) is 36.4 Å². The standard InChI is InChI=1S/C24H22O7S/c1-14-8-10-15(11-9-14)32(29,30)31-19-13-23(2,3)12-18(25)20(19)24(28)21(26)16-6-4-5-7-17(16)22(24)27/h4-11,28H,12-13H2,1-3H3. The molecule has 0 aromatic heterocycles. The summed E-state index contributed by atoms with van der Waals surface area (Å²) in [5.74, 6) is -3.01. The van der Waals surface area contributed by atoms with Crippen LogP contribution in [0.1, 0.15) is 53.0 Å². The molecule has 0 fully saturated rings. The summed E-state index contributed by atoms with van der Waals surface area (Å²) in [7, 11) is -4.39. The second kappa shape index (κ2) is 7.21. The van der Waals surface area contributed by atoms with Crippen LogP contribution >= 0.6 is 0 Å². The Kier molecular flexibility index (Phi) is 4.98. The fraction of sp³-hybridized carbons (Fsp3) is 0.292. The topological polar surface area (TPSA) is 115 Å². The fourth-order valence-corrected chi connectivity index (χ4v) is 5.20. The highest BCUT2D eigenvalue weighted by Crippen LogP contribution is 2.45. The Morgan fingerprint density at radius 1 is 0.875 bits per heavy atom. The van der Waals surface area contributed by atoms with Crippen LogP contribution in [-0.4, -0.2) is 36.5 Å². The number of hydrogen-bond donors (Lipinski definition) is 1. The molecule has 0 spiro atoms. The summed E-state index contributed by atoms with van der Waals surface area (Å²) in [6.07, 6.45) is -0.142. The molecule has 2 aromatic carbocycles. The summed E-state index contributed by atoms with van der Waals surface area (Å²) in [4.78, 5) is 39.2. The van der Waals surface area contributed by atoms with E-state index in [0.29, 0.717) is 0 Å². The molecule has 1 N–H and O–H groups in total. The summed E-state index contributed by atoms with van der Waals surface area (Å²) in [6.45, 7) is 5.27. The van der Waals surface area contributed by atoms with Crippen molar-refractivity contribution >= 4 is 27.5 Å². The molecule has 2 aromatic rings. The normalized spacial score (nSPS) is 19.8. The molecular formula is C24H22O7S. The highest BCUT2D eigenvalue weighted by atomic mass is 32.2. The zero-order valence-corrected chi connectivity index (χ0v) is 18.7. The monoisotopic (exact) mass is 454 g/mol. The van der Waals surface area contributed by atoms with Gasteiger partial charge in [-0.05, 0) is 24.5 Å². The number of aliphatic hydroxyl groups is 1. The van der Waals surface area contributed by atoms with Crippen LogP contribution in [0.25, 0.3) is 0 Å². The Morgan fingerprint density at radius 2 is 1.41 bits per heavy atom. The van der Waals surface area contributed by atoms with Gasteiger partial charge in [-0.25, -0.2) is 0 Å². The van der Waals surface area contributed by atoms with Crippen LogP contribution in [-0.2, 0) is 19.1 Å². The summed E-state index contributed by atoms with van der Waals surface area (Å²) < 4.78 is 31.3. The van der Waals surface area contributed by atoms with Crippen LogP contribution in [0.5, 0.6) is 0 Å². The number of benzene rings is 2. The van der Waals surface area contributed by atoms with Gasteiger partial charge in [-0.15, -0.1) is 0 Å². The summed E-state index contributed by atoms with van der Waals surface area (Å²) in [6, 6.07) is 11.7. The van der Waals surface area contributed by atoms with Gasteiger partial charge in [-0.2, -0.15) is 8.42 Å². The van der Waals surface area contributed by atoms with Crippen LogP contribution in [0.2, 0.25) is 0 Å². The molecular weight excluding hydrogens is 432 g/mol. The highest BCUT2D eigenvalue weighted by Gasteiger charge is 2.59. The average molecular weight is 455 g/mol. The molecule has 32 heavy (non-hydrogen) atoms. The predicted octanol–water partition coefficient (Wildman–Crippen LogP) is 3.15. The molecule has 0 bridgehead atoms. The molecule has 0 unspecified atom stereocenters. The Morgan fingerprint density at radius 3 is 1.94 bits per heavy atom. The predicted molar refractivity (Wildman–Crippen MR) is 115 cm³/mol. The maximum atomic E-state index is 13.1. The first kappa shape index (κ1) is 22.1. The van der Waals surface area contributed by atoms with E-state index in [-0.39, 0.29) is 34.6 Å². The lowest BCUT2D eigenvalue weighted by Crippen LogP contribution is -2.49. The Labute approximate surface area is 185 Å². The van der Waals surface area contributed by atoms with E-state index >= 15 is 0 Å². The zero-order valence-electron chi connectivity index (χ0n) is 17.8.